The van der Waals surface area contributed by atoms with Gasteiger partial charge in [-0.25, -0.2) is 12.7 Å². The van der Waals surface area contributed by atoms with E-state index in [9.17, 15) is 13.2 Å². The molecule has 0 radical (unpaired) electrons. The molecule has 0 saturated heterocycles. The van der Waals surface area contributed by atoms with Crippen molar-refractivity contribution in [3.8, 4) is 11.5 Å². The van der Waals surface area contributed by atoms with Crippen molar-refractivity contribution in [1.82, 2.24) is 4.31 Å². The summed E-state index contributed by atoms with van der Waals surface area (Å²) in [5.41, 5.74) is 1.57. The van der Waals surface area contributed by atoms with Crippen molar-refractivity contribution in [2.45, 2.75) is 30.8 Å². The highest BCUT2D eigenvalue weighted by molar-refractivity contribution is 7.89. The minimum absolute atomic E-state index is 0.152. The molecule has 1 atom stereocenters. The first-order chi connectivity index (χ1) is 13.8. The second kappa shape index (κ2) is 8.42. The molecule has 0 saturated carbocycles. The SMILES string of the molecule is CCC(Oc1ccccc1OC)C(=O)N1CCc2cc(S(=O)(=O)N(C)C)ccc21. The first kappa shape index (κ1) is 21.1. The van der Waals surface area contributed by atoms with Gasteiger partial charge in [0.1, 0.15) is 0 Å². The third-order valence-corrected chi connectivity index (χ3v) is 6.79. The van der Waals surface area contributed by atoms with Gasteiger partial charge in [0.05, 0.1) is 12.0 Å². The van der Waals surface area contributed by atoms with Crippen LogP contribution in [0.1, 0.15) is 18.9 Å². The van der Waals surface area contributed by atoms with Crippen molar-refractivity contribution < 1.29 is 22.7 Å². The Morgan fingerprint density at radius 1 is 1.17 bits per heavy atom. The van der Waals surface area contributed by atoms with Crippen molar-refractivity contribution in [2.75, 3.05) is 32.6 Å². The maximum atomic E-state index is 13.2. The largest absolute Gasteiger partial charge is 0.493 e. The Hall–Kier alpha value is -2.58. The number of benzene rings is 2. The average molecular weight is 419 g/mol. The minimum atomic E-state index is -3.51. The number of hydrogen-bond acceptors (Lipinski definition) is 5. The Balaban J connectivity index is 1.84. The molecular weight excluding hydrogens is 392 g/mol. The number of ether oxygens (including phenoxy) is 2. The van der Waals surface area contributed by atoms with Crippen LogP contribution in [0, 0.1) is 0 Å². The molecule has 156 valence electrons. The maximum Gasteiger partial charge on any atom is 0.268 e. The molecule has 0 aliphatic carbocycles. The fourth-order valence-corrected chi connectivity index (χ4v) is 4.28. The number of nitrogens with zero attached hydrogens (tertiary/aromatic N) is 2. The van der Waals surface area contributed by atoms with Crippen molar-refractivity contribution >= 4 is 21.6 Å². The van der Waals surface area contributed by atoms with E-state index in [4.69, 9.17) is 9.47 Å². The Morgan fingerprint density at radius 3 is 2.48 bits per heavy atom. The summed E-state index contributed by atoms with van der Waals surface area (Å²) in [4.78, 5) is 15.1. The van der Waals surface area contributed by atoms with Gasteiger partial charge in [0, 0.05) is 26.3 Å². The fourth-order valence-electron chi connectivity index (χ4n) is 3.33. The van der Waals surface area contributed by atoms with Crippen LogP contribution in [0.3, 0.4) is 0 Å². The molecule has 0 bridgehead atoms. The van der Waals surface area contributed by atoms with Gasteiger partial charge in [-0.05, 0) is 48.7 Å². The molecule has 29 heavy (non-hydrogen) atoms. The van der Waals surface area contributed by atoms with Crippen LogP contribution in [0.4, 0.5) is 5.69 Å². The second-order valence-electron chi connectivity index (χ2n) is 6.98. The van der Waals surface area contributed by atoms with Gasteiger partial charge in [0.25, 0.3) is 5.91 Å². The van der Waals surface area contributed by atoms with Gasteiger partial charge in [-0.2, -0.15) is 0 Å². The van der Waals surface area contributed by atoms with Crippen molar-refractivity contribution in [3.05, 3.63) is 48.0 Å². The lowest BCUT2D eigenvalue weighted by Crippen LogP contribution is -2.41. The molecular formula is C21H26N2O5S. The van der Waals surface area contributed by atoms with Gasteiger partial charge in [0.15, 0.2) is 17.6 Å². The van der Waals surface area contributed by atoms with Crippen molar-refractivity contribution in [3.63, 3.8) is 0 Å². The Kier molecular flexibility index (Phi) is 6.14. The highest BCUT2D eigenvalue weighted by Gasteiger charge is 2.32. The Labute approximate surface area is 171 Å². The monoisotopic (exact) mass is 418 g/mol. The molecule has 0 N–H and O–H groups in total. The highest BCUT2D eigenvalue weighted by atomic mass is 32.2. The van der Waals surface area contributed by atoms with E-state index in [0.29, 0.717) is 30.9 Å². The first-order valence-electron chi connectivity index (χ1n) is 9.46. The molecule has 7 nitrogen and oxygen atoms in total. The normalized spacial score (nSPS) is 14.6. The molecule has 0 aromatic heterocycles. The lowest BCUT2D eigenvalue weighted by atomic mass is 10.1. The first-order valence-corrected chi connectivity index (χ1v) is 10.9. The van der Waals surface area contributed by atoms with Crippen LogP contribution in [0.15, 0.2) is 47.4 Å². The summed E-state index contributed by atoms with van der Waals surface area (Å²) in [5, 5.41) is 0. The number of methoxy groups -OCH3 is 1. The van der Waals surface area contributed by atoms with Gasteiger partial charge in [-0.3, -0.25) is 4.79 Å². The standard InChI is InChI=1S/C21H26N2O5S/c1-5-18(28-20-9-7-6-8-19(20)27-4)21(24)23-13-12-15-14-16(10-11-17(15)23)29(25,26)22(2)3/h6-11,14,18H,5,12-13H2,1-4H3. The van der Waals surface area contributed by atoms with Crippen LogP contribution in [-0.2, 0) is 21.2 Å². The molecule has 0 fully saturated rings. The molecule has 3 rings (SSSR count). The smallest absolute Gasteiger partial charge is 0.268 e. The topological polar surface area (TPSA) is 76.1 Å². The van der Waals surface area contributed by atoms with Crippen LogP contribution < -0.4 is 14.4 Å². The zero-order valence-corrected chi connectivity index (χ0v) is 17.9. The lowest BCUT2D eigenvalue weighted by molar-refractivity contribution is -0.125. The van der Waals surface area contributed by atoms with Gasteiger partial charge in [0.2, 0.25) is 10.0 Å². The van der Waals surface area contributed by atoms with E-state index in [2.05, 4.69) is 0 Å². The molecule has 1 aliphatic heterocycles. The third-order valence-electron chi connectivity index (χ3n) is 4.98. The van der Waals surface area contributed by atoms with Gasteiger partial charge in [-0.15, -0.1) is 0 Å². The minimum Gasteiger partial charge on any atom is -0.493 e. The number of carbonyl (C=O) groups is 1. The van der Waals surface area contributed by atoms with Gasteiger partial charge >= 0.3 is 0 Å². The molecule has 1 unspecified atom stereocenters. The third kappa shape index (κ3) is 4.09. The van der Waals surface area contributed by atoms with Crippen molar-refractivity contribution in [1.29, 1.82) is 0 Å². The van der Waals surface area contributed by atoms with Crippen LogP contribution in [-0.4, -0.2) is 52.5 Å². The van der Waals surface area contributed by atoms with Gasteiger partial charge < -0.3 is 14.4 Å². The number of sulfonamides is 1. The zero-order chi connectivity index (χ0) is 21.2. The Morgan fingerprint density at radius 2 is 1.86 bits per heavy atom. The number of fused-ring (bicyclic) bond motifs is 1. The second-order valence-corrected chi connectivity index (χ2v) is 9.14. The molecule has 2 aromatic carbocycles. The van der Waals surface area contributed by atoms with Gasteiger partial charge in [-0.1, -0.05) is 19.1 Å². The lowest BCUT2D eigenvalue weighted by Gasteiger charge is -2.25. The summed E-state index contributed by atoms with van der Waals surface area (Å²) >= 11 is 0. The fraction of sp³-hybridized carbons (Fsp3) is 0.381. The number of carbonyl (C=O) groups excluding carboxylic acids is 1. The van der Waals surface area contributed by atoms with E-state index >= 15 is 0 Å². The quantitative estimate of drug-likeness (QED) is 0.691. The van der Waals surface area contributed by atoms with Crippen molar-refractivity contribution in [2.24, 2.45) is 0 Å². The van der Waals surface area contributed by atoms with Crippen LogP contribution in [0.25, 0.3) is 0 Å². The molecule has 1 aliphatic rings. The molecule has 1 amide bonds. The number of para-hydroxylation sites is 2. The summed E-state index contributed by atoms with van der Waals surface area (Å²) < 4.78 is 37.2. The summed E-state index contributed by atoms with van der Waals surface area (Å²) in [6, 6.07) is 12.1. The molecule has 2 aromatic rings. The summed E-state index contributed by atoms with van der Waals surface area (Å²) in [7, 11) is 1.04. The van der Waals surface area contributed by atoms with E-state index < -0.39 is 16.1 Å². The number of hydrogen-bond donors (Lipinski definition) is 0. The summed E-state index contributed by atoms with van der Waals surface area (Å²) in [6.45, 7) is 2.38. The van der Waals surface area contributed by atoms with Crippen LogP contribution in [0.5, 0.6) is 11.5 Å². The van der Waals surface area contributed by atoms with Crippen LogP contribution >= 0.6 is 0 Å². The maximum absolute atomic E-state index is 13.2. The number of amides is 1. The summed E-state index contributed by atoms with van der Waals surface area (Å²) in [5.74, 6) is 0.932. The average Bonchev–Trinajstić information content (AvgIpc) is 3.14. The van der Waals surface area contributed by atoms with E-state index in [0.717, 1.165) is 11.3 Å². The predicted octanol–water partition coefficient (Wildman–Crippen LogP) is 2.69. The molecule has 1 heterocycles. The van der Waals surface area contributed by atoms with E-state index in [1.165, 1.54) is 18.4 Å². The predicted molar refractivity (Wildman–Crippen MR) is 111 cm³/mol. The zero-order valence-electron chi connectivity index (χ0n) is 17.1. The van der Waals surface area contributed by atoms with E-state index in [1.807, 2.05) is 19.1 Å². The summed E-state index contributed by atoms with van der Waals surface area (Å²) in [6.07, 6.45) is 0.432. The highest BCUT2D eigenvalue weighted by Crippen LogP contribution is 2.33. The van der Waals surface area contributed by atoms with Crippen LogP contribution in [0.2, 0.25) is 0 Å². The van der Waals surface area contributed by atoms with E-state index in [-0.39, 0.29) is 10.8 Å². The Bertz CT molecular complexity index is 1000. The molecule has 8 heteroatoms. The number of anilines is 1. The number of rotatable bonds is 7. The molecule has 0 spiro atoms. The van der Waals surface area contributed by atoms with E-state index in [1.54, 1.807) is 42.3 Å².